The van der Waals surface area contributed by atoms with E-state index in [0.717, 1.165) is 24.9 Å². The van der Waals surface area contributed by atoms with Crippen molar-refractivity contribution in [2.24, 2.45) is 5.92 Å². The Morgan fingerprint density at radius 3 is 2.68 bits per heavy atom. The molecular weight excluding hydrogens is 438 g/mol. The number of ether oxygens (including phenoxy) is 1. The molecule has 1 aromatic carbocycles. The highest BCUT2D eigenvalue weighted by Gasteiger charge is 2.24. The summed E-state index contributed by atoms with van der Waals surface area (Å²) in [6, 6.07) is 8.42. The number of nitrogens with one attached hydrogen (secondary N) is 2. The van der Waals surface area contributed by atoms with E-state index >= 15 is 0 Å². The molecule has 1 fully saturated rings. The minimum absolute atomic E-state index is 0.119. The zero-order chi connectivity index (χ0) is 22.4. The number of anilines is 1. The normalized spacial score (nSPS) is 17.3. The number of hydrogen-bond acceptors (Lipinski definition) is 7. The molecule has 1 atom stereocenters. The Labute approximate surface area is 186 Å². The Bertz CT molecular complexity index is 1020. The summed E-state index contributed by atoms with van der Waals surface area (Å²) in [5.74, 6) is -0.581. The van der Waals surface area contributed by atoms with Crippen LogP contribution in [-0.4, -0.2) is 58.5 Å². The lowest BCUT2D eigenvalue weighted by Crippen LogP contribution is -2.43. The van der Waals surface area contributed by atoms with Gasteiger partial charge in [-0.2, -0.15) is 0 Å². The molecule has 0 saturated carbocycles. The second-order valence-electron chi connectivity index (χ2n) is 7.61. The van der Waals surface area contributed by atoms with Crippen molar-refractivity contribution in [3.8, 4) is 0 Å². The number of thiophene rings is 1. The lowest BCUT2D eigenvalue weighted by Gasteiger charge is -2.32. The largest absolute Gasteiger partial charge is 0.465 e. The molecule has 8 nitrogen and oxygen atoms in total. The van der Waals surface area contributed by atoms with Crippen molar-refractivity contribution in [1.82, 2.24) is 9.62 Å². The molecule has 1 amide bonds. The number of hydrogen-bond donors (Lipinski definition) is 2. The van der Waals surface area contributed by atoms with Crippen LogP contribution in [0.3, 0.4) is 0 Å². The Morgan fingerprint density at radius 2 is 1.97 bits per heavy atom. The number of esters is 1. The molecule has 2 heterocycles. The van der Waals surface area contributed by atoms with E-state index in [4.69, 9.17) is 4.74 Å². The molecule has 0 bridgehead atoms. The molecule has 0 spiro atoms. The van der Waals surface area contributed by atoms with Gasteiger partial charge in [0, 0.05) is 13.1 Å². The summed E-state index contributed by atoms with van der Waals surface area (Å²) in [7, 11) is -2.26. The zero-order valence-corrected chi connectivity index (χ0v) is 19.2. The van der Waals surface area contributed by atoms with Crippen LogP contribution in [0.5, 0.6) is 0 Å². The van der Waals surface area contributed by atoms with E-state index in [1.165, 1.54) is 18.4 Å². The lowest BCUT2D eigenvalue weighted by molar-refractivity contribution is -0.117. The van der Waals surface area contributed by atoms with Gasteiger partial charge in [0.1, 0.15) is 4.88 Å². The number of sulfonamides is 1. The third-order valence-electron chi connectivity index (χ3n) is 5.17. The van der Waals surface area contributed by atoms with Crippen molar-refractivity contribution in [2.75, 3.05) is 38.6 Å². The molecule has 1 aromatic heterocycles. The summed E-state index contributed by atoms with van der Waals surface area (Å²) >= 11 is 1.21. The highest BCUT2D eigenvalue weighted by atomic mass is 32.2. The number of methoxy groups -OCH3 is 1. The predicted octanol–water partition coefficient (Wildman–Crippen LogP) is 2.47. The van der Waals surface area contributed by atoms with Crippen molar-refractivity contribution in [1.29, 1.82) is 0 Å². The van der Waals surface area contributed by atoms with Gasteiger partial charge in [-0.1, -0.05) is 17.7 Å². The second kappa shape index (κ2) is 10.4. The van der Waals surface area contributed by atoms with Gasteiger partial charge in [-0.25, -0.2) is 17.9 Å². The van der Waals surface area contributed by atoms with Gasteiger partial charge >= 0.3 is 5.97 Å². The first kappa shape index (κ1) is 23.4. The minimum atomic E-state index is -3.56. The number of carbonyl (C=O) groups excluding carboxylic acids is 2. The molecule has 1 aliphatic rings. The number of aryl methyl sites for hydroxylation is 1. The van der Waals surface area contributed by atoms with Gasteiger partial charge in [0.2, 0.25) is 15.9 Å². The van der Waals surface area contributed by atoms with Crippen molar-refractivity contribution in [2.45, 2.75) is 24.7 Å². The molecular formula is C21H27N3O5S2. The van der Waals surface area contributed by atoms with E-state index in [-0.39, 0.29) is 23.3 Å². The van der Waals surface area contributed by atoms with Crippen molar-refractivity contribution >= 4 is 38.9 Å². The van der Waals surface area contributed by atoms with E-state index in [2.05, 4.69) is 10.0 Å². The number of benzene rings is 1. The number of rotatable bonds is 8. The molecule has 0 aliphatic carbocycles. The highest BCUT2D eigenvalue weighted by Crippen LogP contribution is 2.23. The van der Waals surface area contributed by atoms with Crippen LogP contribution in [0.15, 0.2) is 40.6 Å². The van der Waals surface area contributed by atoms with Crippen molar-refractivity contribution in [3.63, 3.8) is 0 Å². The van der Waals surface area contributed by atoms with Gasteiger partial charge in [0.05, 0.1) is 24.2 Å². The molecule has 2 aromatic rings. The summed E-state index contributed by atoms with van der Waals surface area (Å²) in [6.45, 7) is 3.80. The number of nitrogens with zero attached hydrogens (tertiary/aromatic N) is 1. The van der Waals surface area contributed by atoms with Gasteiger partial charge in [0.25, 0.3) is 0 Å². The fourth-order valence-corrected chi connectivity index (χ4v) is 5.42. The molecule has 1 aliphatic heterocycles. The van der Waals surface area contributed by atoms with Crippen molar-refractivity contribution in [3.05, 3.63) is 46.2 Å². The quantitative estimate of drug-likeness (QED) is 0.581. The number of likely N-dealkylation sites (tertiary alicyclic amines) is 1. The minimum Gasteiger partial charge on any atom is -0.465 e. The van der Waals surface area contributed by atoms with Gasteiger partial charge in [0.15, 0.2) is 0 Å². The molecule has 1 unspecified atom stereocenters. The molecule has 1 saturated heterocycles. The molecule has 31 heavy (non-hydrogen) atoms. The molecule has 168 valence electrons. The summed E-state index contributed by atoms with van der Waals surface area (Å²) in [5.41, 5.74) is 1.45. The first-order valence-electron chi connectivity index (χ1n) is 10.0. The van der Waals surface area contributed by atoms with Gasteiger partial charge in [-0.05, 0) is 55.8 Å². The number of carbonyl (C=O) groups is 2. The fourth-order valence-electron chi connectivity index (χ4n) is 3.54. The van der Waals surface area contributed by atoms with Crippen molar-refractivity contribution < 1.29 is 22.7 Å². The summed E-state index contributed by atoms with van der Waals surface area (Å²) < 4.78 is 32.4. The Balaban J connectivity index is 1.51. The fraction of sp³-hybridized carbons (Fsp3) is 0.429. The topological polar surface area (TPSA) is 105 Å². The van der Waals surface area contributed by atoms with Crippen LogP contribution in [-0.2, 0) is 19.6 Å². The number of piperidine rings is 1. The average molecular weight is 466 g/mol. The second-order valence-corrected chi connectivity index (χ2v) is 10.3. The van der Waals surface area contributed by atoms with Crippen LogP contribution in [0, 0.1) is 12.8 Å². The monoisotopic (exact) mass is 465 g/mol. The van der Waals surface area contributed by atoms with Crippen LogP contribution in [0.25, 0.3) is 0 Å². The maximum absolute atomic E-state index is 12.5. The molecule has 0 radical (unpaired) electrons. The van der Waals surface area contributed by atoms with Gasteiger partial charge in [-0.3, -0.25) is 9.69 Å². The van der Waals surface area contributed by atoms with Gasteiger partial charge in [-0.15, -0.1) is 11.3 Å². The highest BCUT2D eigenvalue weighted by molar-refractivity contribution is 7.89. The SMILES string of the molecule is COC(=O)c1sccc1NC(=O)CN1CCCC(CNS(=O)(=O)c2ccc(C)cc2)C1. The number of amides is 1. The maximum atomic E-state index is 12.5. The average Bonchev–Trinajstić information content (AvgIpc) is 3.20. The van der Waals surface area contributed by atoms with Crippen LogP contribution < -0.4 is 10.0 Å². The van der Waals surface area contributed by atoms with E-state index in [0.29, 0.717) is 23.7 Å². The third kappa shape index (κ3) is 6.36. The Kier molecular flexibility index (Phi) is 7.82. The van der Waals surface area contributed by atoms with E-state index in [1.54, 1.807) is 35.7 Å². The molecule has 3 rings (SSSR count). The first-order valence-corrected chi connectivity index (χ1v) is 12.4. The van der Waals surface area contributed by atoms with Crippen LogP contribution in [0.4, 0.5) is 5.69 Å². The van der Waals surface area contributed by atoms with Crippen LogP contribution in [0.2, 0.25) is 0 Å². The Morgan fingerprint density at radius 1 is 1.23 bits per heavy atom. The molecule has 10 heteroatoms. The van der Waals surface area contributed by atoms with Crippen LogP contribution in [0.1, 0.15) is 28.1 Å². The van der Waals surface area contributed by atoms with E-state index in [9.17, 15) is 18.0 Å². The maximum Gasteiger partial charge on any atom is 0.350 e. The Hall–Kier alpha value is -2.27. The first-order chi connectivity index (χ1) is 14.8. The summed E-state index contributed by atoms with van der Waals surface area (Å²) in [4.78, 5) is 26.8. The van der Waals surface area contributed by atoms with E-state index < -0.39 is 16.0 Å². The van der Waals surface area contributed by atoms with E-state index in [1.807, 2.05) is 11.8 Å². The molecule has 2 N–H and O–H groups in total. The predicted molar refractivity (Wildman–Crippen MR) is 120 cm³/mol. The standard InChI is InChI=1S/C21H27N3O5S2/c1-15-5-7-17(8-6-15)31(27,28)22-12-16-4-3-10-24(13-16)14-19(25)23-18-9-11-30-20(18)21(26)29-2/h5-9,11,16,22H,3-4,10,12-14H2,1-2H3,(H,23,25). The summed E-state index contributed by atoms with van der Waals surface area (Å²) in [6.07, 6.45) is 1.78. The lowest BCUT2D eigenvalue weighted by atomic mass is 9.98. The zero-order valence-electron chi connectivity index (χ0n) is 17.6. The van der Waals surface area contributed by atoms with Gasteiger partial charge < -0.3 is 10.1 Å². The third-order valence-corrected chi connectivity index (χ3v) is 7.51. The van der Waals surface area contributed by atoms with Crippen LogP contribution >= 0.6 is 11.3 Å². The smallest absolute Gasteiger partial charge is 0.350 e. The summed E-state index contributed by atoms with van der Waals surface area (Å²) in [5, 5.41) is 4.49.